The first kappa shape index (κ1) is 20.0. The summed E-state index contributed by atoms with van der Waals surface area (Å²) in [5, 5.41) is 1.90. The van der Waals surface area contributed by atoms with Crippen molar-refractivity contribution in [2.75, 3.05) is 14.2 Å². The van der Waals surface area contributed by atoms with Crippen LogP contribution in [-0.4, -0.2) is 38.2 Å². The number of carbonyl (C=O) groups excluding carboxylic acids is 3. The molecule has 0 aliphatic heterocycles. The van der Waals surface area contributed by atoms with Gasteiger partial charge in [0.1, 0.15) is 0 Å². The average molecular weight is 350 g/mol. The predicted octanol–water partition coefficient (Wildman–Crippen LogP) is 1.48. The van der Waals surface area contributed by atoms with E-state index in [9.17, 15) is 14.4 Å². The summed E-state index contributed by atoms with van der Waals surface area (Å²) in [6, 6.07) is 4.10. The van der Waals surface area contributed by atoms with Gasteiger partial charge in [0.15, 0.2) is 17.6 Å². The minimum Gasteiger partial charge on any atom is -0.493 e. The standard InChI is InChI=1S/C17H22N2O6/c1-10(2)15(16(21)19-17(18)22)25-14(20)8-6-11-5-7-12(23-3)13(9-11)24-4/h5-10,15H,1-4H3,(H3,18,19,21,22)/b8-6+/t15-/m1/s1. The number of hydrogen-bond donors (Lipinski definition) is 2. The highest BCUT2D eigenvalue weighted by Crippen LogP contribution is 2.27. The number of esters is 1. The summed E-state index contributed by atoms with van der Waals surface area (Å²) < 4.78 is 15.4. The van der Waals surface area contributed by atoms with E-state index in [1.807, 2.05) is 5.32 Å². The molecule has 1 aromatic carbocycles. The molecule has 1 rings (SSSR count). The lowest BCUT2D eigenvalue weighted by atomic mass is 10.1. The van der Waals surface area contributed by atoms with Gasteiger partial charge in [-0.2, -0.15) is 0 Å². The summed E-state index contributed by atoms with van der Waals surface area (Å²) in [6.45, 7) is 3.35. The molecule has 3 N–H and O–H groups in total. The lowest BCUT2D eigenvalue weighted by molar-refractivity contribution is -0.153. The summed E-state index contributed by atoms with van der Waals surface area (Å²) in [5.74, 6) is -0.759. The van der Waals surface area contributed by atoms with Crippen molar-refractivity contribution in [3.05, 3.63) is 29.8 Å². The third-order valence-corrected chi connectivity index (χ3v) is 3.17. The van der Waals surface area contributed by atoms with Crippen LogP contribution in [0, 0.1) is 5.92 Å². The first-order valence-corrected chi connectivity index (χ1v) is 7.49. The smallest absolute Gasteiger partial charge is 0.331 e. The second kappa shape index (κ2) is 9.31. The lowest BCUT2D eigenvalue weighted by Gasteiger charge is -2.18. The third-order valence-electron chi connectivity index (χ3n) is 3.17. The van der Waals surface area contributed by atoms with Crippen LogP contribution in [0.4, 0.5) is 4.79 Å². The van der Waals surface area contributed by atoms with Gasteiger partial charge in [0.05, 0.1) is 14.2 Å². The van der Waals surface area contributed by atoms with Gasteiger partial charge in [0, 0.05) is 6.08 Å². The summed E-state index contributed by atoms with van der Waals surface area (Å²) >= 11 is 0. The van der Waals surface area contributed by atoms with E-state index >= 15 is 0 Å². The predicted molar refractivity (Wildman–Crippen MR) is 91.0 cm³/mol. The van der Waals surface area contributed by atoms with Crippen molar-refractivity contribution in [3.8, 4) is 11.5 Å². The number of benzene rings is 1. The van der Waals surface area contributed by atoms with Crippen molar-refractivity contribution in [1.29, 1.82) is 0 Å². The van der Waals surface area contributed by atoms with Gasteiger partial charge in [-0.05, 0) is 29.7 Å². The Bertz CT molecular complexity index is 669. The average Bonchev–Trinajstić information content (AvgIpc) is 2.56. The van der Waals surface area contributed by atoms with E-state index in [0.29, 0.717) is 17.1 Å². The fourth-order valence-electron chi connectivity index (χ4n) is 1.97. The Hall–Kier alpha value is -3.03. The molecule has 1 atom stereocenters. The minimum absolute atomic E-state index is 0.335. The number of imide groups is 1. The molecule has 3 amide bonds. The van der Waals surface area contributed by atoms with Crippen LogP contribution in [0.2, 0.25) is 0 Å². The van der Waals surface area contributed by atoms with E-state index in [2.05, 4.69) is 0 Å². The van der Waals surface area contributed by atoms with Gasteiger partial charge in [-0.25, -0.2) is 9.59 Å². The largest absolute Gasteiger partial charge is 0.493 e. The highest BCUT2D eigenvalue weighted by Gasteiger charge is 2.26. The Balaban J connectivity index is 2.81. The Labute approximate surface area is 145 Å². The highest BCUT2D eigenvalue weighted by molar-refractivity contribution is 5.97. The lowest BCUT2D eigenvalue weighted by Crippen LogP contribution is -2.45. The number of methoxy groups -OCH3 is 2. The molecule has 0 saturated heterocycles. The normalized spacial score (nSPS) is 11.9. The fraction of sp³-hybridized carbons (Fsp3) is 0.353. The molecule has 8 nitrogen and oxygen atoms in total. The van der Waals surface area contributed by atoms with Gasteiger partial charge < -0.3 is 19.9 Å². The van der Waals surface area contributed by atoms with Gasteiger partial charge in [-0.3, -0.25) is 10.1 Å². The molecular formula is C17H22N2O6. The molecule has 0 aliphatic carbocycles. The van der Waals surface area contributed by atoms with Gasteiger partial charge in [-0.15, -0.1) is 0 Å². The van der Waals surface area contributed by atoms with Crippen molar-refractivity contribution in [2.24, 2.45) is 11.7 Å². The first-order chi connectivity index (χ1) is 11.8. The van der Waals surface area contributed by atoms with Crippen molar-refractivity contribution < 1.29 is 28.6 Å². The van der Waals surface area contributed by atoms with Crippen LogP contribution >= 0.6 is 0 Å². The number of nitrogens with two attached hydrogens (primary N) is 1. The quantitative estimate of drug-likeness (QED) is 0.568. The molecular weight excluding hydrogens is 328 g/mol. The summed E-state index contributed by atoms with van der Waals surface area (Å²) in [7, 11) is 3.03. The van der Waals surface area contributed by atoms with Crippen molar-refractivity contribution in [3.63, 3.8) is 0 Å². The molecule has 25 heavy (non-hydrogen) atoms. The number of hydrogen-bond acceptors (Lipinski definition) is 6. The number of nitrogens with one attached hydrogen (secondary N) is 1. The maximum atomic E-state index is 11.9. The van der Waals surface area contributed by atoms with Crippen LogP contribution in [0.3, 0.4) is 0 Å². The molecule has 0 spiro atoms. The van der Waals surface area contributed by atoms with Gasteiger partial charge in [0.25, 0.3) is 5.91 Å². The monoisotopic (exact) mass is 350 g/mol. The van der Waals surface area contributed by atoms with E-state index < -0.39 is 24.0 Å². The van der Waals surface area contributed by atoms with Crippen LogP contribution in [-0.2, 0) is 14.3 Å². The van der Waals surface area contributed by atoms with E-state index in [0.717, 1.165) is 0 Å². The van der Waals surface area contributed by atoms with E-state index in [1.165, 1.54) is 26.4 Å². The number of amides is 3. The number of rotatable bonds is 7. The van der Waals surface area contributed by atoms with Crippen LogP contribution < -0.4 is 20.5 Å². The summed E-state index contributed by atoms with van der Waals surface area (Å²) in [4.78, 5) is 34.5. The molecule has 0 fully saturated rings. The molecule has 1 aromatic rings. The molecule has 8 heteroatoms. The second-order valence-corrected chi connectivity index (χ2v) is 5.40. The topological polar surface area (TPSA) is 117 Å². The first-order valence-electron chi connectivity index (χ1n) is 7.49. The Morgan fingerprint density at radius 2 is 1.76 bits per heavy atom. The highest BCUT2D eigenvalue weighted by atomic mass is 16.5. The van der Waals surface area contributed by atoms with E-state index in [1.54, 1.807) is 32.0 Å². The van der Waals surface area contributed by atoms with Crippen molar-refractivity contribution in [1.82, 2.24) is 5.32 Å². The molecule has 0 radical (unpaired) electrons. The van der Waals surface area contributed by atoms with Crippen LogP contribution in [0.5, 0.6) is 11.5 Å². The molecule has 0 saturated carbocycles. The second-order valence-electron chi connectivity index (χ2n) is 5.40. The Morgan fingerprint density at radius 1 is 1.12 bits per heavy atom. The Kier molecular flexibility index (Phi) is 7.45. The molecule has 0 bridgehead atoms. The van der Waals surface area contributed by atoms with E-state index in [-0.39, 0.29) is 5.92 Å². The minimum atomic E-state index is -1.13. The molecule has 136 valence electrons. The summed E-state index contributed by atoms with van der Waals surface area (Å²) in [6.07, 6.45) is 1.55. The SMILES string of the molecule is COc1ccc(/C=C/C(=O)O[C@@H](C(=O)NC(N)=O)C(C)C)cc1OC. The molecule has 0 aliphatic rings. The maximum Gasteiger partial charge on any atom is 0.331 e. The van der Waals surface area contributed by atoms with Gasteiger partial charge in [0.2, 0.25) is 0 Å². The fourth-order valence-corrected chi connectivity index (χ4v) is 1.97. The van der Waals surface area contributed by atoms with E-state index in [4.69, 9.17) is 19.9 Å². The van der Waals surface area contributed by atoms with Crippen LogP contribution in [0.25, 0.3) is 6.08 Å². The van der Waals surface area contributed by atoms with Gasteiger partial charge in [-0.1, -0.05) is 19.9 Å². The Morgan fingerprint density at radius 3 is 2.28 bits per heavy atom. The molecule has 0 unspecified atom stereocenters. The number of carbonyl (C=O) groups is 3. The van der Waals surface area contributed by atoms with Gasteiger partial charge >= 0.3 is 12.0 Å². The molecule has 0 heterocycles. The number of urea groups is 1. The number of ether oxygens (including phenoxy) is 3. The van der Waals surface area contributed by atoms with Crippen molar-refractivity contribution in [2.45, 2.75) is 20.0 Å². The number of primary amides is 1. The maximum absolute atomic E-state index is 11.9. The van der Waals surface area contributed by atoms with Crippen LogP contribution in [0.15, 0.2) is 24.3 Å². The molecule has 0 aromatic heterocycles. The van der Waals surface area contributed by atoms with Crippen LogP contribution in [0.1, 0.15) is 19.4 Å². The zero-order valence-electron chi connectivity index (χ0n) is 14.6. The van der Waals surface area contributed by atoms with Crippen molar-refractivity contribution >= 4 is 24.0 Å². The third kappa shape index (κ3) is 6.17. The summed E-state index contributed by atoms with van der Waals surface area (Å²) in [5.41, 5.74) is 5.58. The zero-order chi connectivity index (χ0) is 19.0. The zero-order valence-corrected chi connectivity index (χ0v) is 14.6.